The number of hydrogen-bond donors (Lipinski definition) is 1. The van der Waals surface area contributed by atoms with E-state index < -0.39 is 0 Å². The van der Waals surface area contributed by atoms with E-state index >= 15 is 0 Å². The number of fused-ring (bicyclic) bond motifs is 1. The standard InChI is InChI=1S/C17H24BrNO2/c18-13-6-7-17-15(12-13)16(8-10-21-17)19-9-11-20-14-4-2-1-3-5-14/h6-7,12,14,16,19H,1-5,8-11H2. The topological polar surface area (TPSA) is 30.5 Å². The minimum absolute atomic E-state index is 0.376. The minimum Gasteiger partial charge on any atom is -0.493 e. The number of rotatable bonds is 5. The zero-order valence-corrected chi connectivity index (χ0v) is 14.0. The lowest BCUT2D eigenvalue weighted by Gasteiger charge is -2.28. The molecule has 1 saturated carbocycles. The molecule has 1 N–H and O–H groups in total. The first-order valence-electron chi connectivity index (χ1n) is 8.10. The van der Waals surface area contributed by atoms with Crippen LogP contribution in [0.4, 0.5) is 0 Å². The van der Waals surface area contributed by atoms with Crippen LogP contribution >= 0.6 is 15.9 Å². The van der Waals surface area contributed by atoms with Gasteiger partial charge in [0.25, 0.3) is 0 Å². The van der Waals surface area contributed by atoms with Gasteiger partial charge in [-0.2, -0.15) is 0 Å². The fourth-order valence-electron chi connectivity index (χ4n) is 3.27. The van der Waals surface area contributed by atoms with Gasteiger partial charge in [0.05, 0.1) is 19.3 Å². The number of nitrogens with one attached hydrogen (secondary N) is 1. The van der Waals surface area contributed by atoms with Crippen molar-refractivity contribution < 1.29 is 9.47 Å². The first-order valence-corrected chi connectivity index (χ1v) is 8.89. The first kappa shape index (κ1) is 15.3. The zero-order chi connectivity index (χ0) is 14.5. The van der Waals surface area contributed by atoms with E-state index in [1.54, 1.807) is 0 Å². The summed E-state index contributed by atoms with van der Waals surface area (Å²) in [5, 5.41) is 3.62. The molecule has 1 atom stereocenters. The molecule has 2 aliphatic rings. The van der Waals surface area contributed by atoms with E-state index in [-0.39, 0.29) is 0 Å². The van der Waals surface area contributed by atoms with E-state index in [1.165, 1.54) is 37.7 Å². The molecule has 0 saturated heterocycles. The maximum atomic E-state index is 5.98. The van der Waals surface area contributed by atoms with Crippen LogP contribution in [0, 0.1) is 0 Å². The summed E-state index contributed by atoms with van der Waals surface area (Å²) in [4.78, 5) is 0. The molecule has 0 radical (unpaired) electrons. The molecule has 1 fully saturated rings. The first-order chi connectivity index (χ1) is 10.3. The molecule has 0 aromatic heterocycles. The average Bonchev–Trinajstić information content (AvgIpc) is 2.53. The molecule has 1 aromatic rings. The van der Waals surface area contributed by atoms with Crippen molar-refractivity contribution in [3.05, 3.63) is 28.2 Å². The maximum absolute atomic E-state index is 5.98. The Morgan fingerprint density at radius 3 is 2.90 bits per heavy atom. The van der Waals surface area contributed by atoms with Crippen LogP contribution in [0.1, 0.15) is 50.1 Å². The van der Waals surface area contributed by atoms with Crippen molar-refractivity contribution in [1.29, 1.82) is 0 Å². The SMILES string of the molecule is Brc1ccc2c(c1)C(NCCOC1CCCCC1)CCO2. The zero-order valence-electron chi connectivity index (χ0n) is 12.4. The summed E-state index contributed by atoms with van der Waals surface area (Å²) in [5.74, 6) is 1.01. The Labute approximate surface area is 135 Å². The van der Waals surface area contributed by atoms with Crippen molar-refractivity contribution in [2.24, 2.45) is 0 Å². The van der Waals surface area contributed by atoms with E-state index in [0.717, 1.165) is 36.4 Å². The molecule has 3 nitrogen and oxygen atoms in total. The normalized spacial score (nSPS) is 22.6. The number of halogens is 1. The summed E-state index contributed by atoms with van der Waals surface area (Å²) >= 11 is 3.54. The quantitative estimate of drug-likeness (QED) is 0.804. The third kappa shape index (κ3) is 4.21. The minimum atomic E-state index is 0.376. The Bertz CT molecular complexity index is 460. The lowest BCUT2D eigenvalue weighted by atomic mass is 9.98. The molecule has 1 aliphatic carbocycles. The lowest BCUT2D eigenvalue weighted by Crippen LogP contribution is -2.31. The summed E-state index contributed by atoms with van der Waals surface area (Å²) < 4.78 is 12.8. The summed E-state index contributed by atoms with van der Waals surface area (Å²) in [6.45, 7) is 2.51. The molecular weight excluding hydrogens is 330 g/mol. The summed E-state index contributed by atoms with van der Waals surface area (Å²) in [6.07, 6.45) is 8.05. The second kappa shape index (κ2) is 7.61. The van der Waals surface area contributed by atoms with Gasteiger partial charge in [0.15, 0.2) is 0 Å². The highest BCUT2D eigenvalue weighted by molar-refractivity contribution is 9.10. The molecule has 1 aromatic carbocycles. The van der Waals surface area contributed by atoms with Gasteiger partial charge in [-0.25, -0.2) is 0 Å². The van der Waals surface area contributed by atoms with Crippen molar-refractivity contribution >= 4 is 15.9 Å². The lowest BCUT2D eigenvalue weighted by molar-refractivity contribution is 0.0288. The molecule has 0 amide bonds. The molecule has 3 rings (SSSR count). The fraction of sp³-hybridized carbons (Fsp3) is 0.647. The van der Waals surface area contributed by atoms with Gasteiger partial charge in [0.1, 0.15) is 5.75 Å². The van der Waals surface area contributed by atoms with Crippen LogP contribution in [0.3, 0.4) is 0 Å². The highest BCUT2D eigenvalue weighted by atomic mass is 79.9. The Morgan fingerprint density at radius 2 is 2.05 bits per heavy atom. The van der Waals surface area contributed by atoms with Crippen LogP contribution in [0.15, 0.2) is 22.7 Å². The summed E-state index contributed by atoms with van der Waals surface area (Å²) in [5.41, 5.74) is 1.26. The molecule has 1 unspecified atom stereocenters. The average molecular weight is 354 g/mol. The Balaban J connectivity index is 1.46. The van der Waals surface area contributed by atoms with Crippen LogP contribution in [0.2, 0.25) is 0 Å². The maximum Gasteiger partial charge on any atom is 0.124 e. The van der Waals surface area contributed by atoms with Crippen molar-refractivity contribution in [2.45, 2.75) is 50.7 Å². The van der Waals surface area contributed by atoms with Gasteiger partial charge in [-0.1, -0.05) is 35.2 Å². The Hall–Kier alpha value is -0.580. The van der Waals surface area contributed by atoms with Crippen LogP contribution in [0.5, 0.6) is 5.75 Å². The number of hydrogen-bond acceptors (Lipinski definition) is 3. The molecule has 0 spiro atoms. The molecule has 116 valence electrons. The highest BCUT2D eigenvalue weighted by Crippen LogP contribution is 2.33. The van der Waals surface area contributed by atoms with E-state index in [0.29, 0.717) is 12.1 Å². The van der Waals surface area contributed by atoms with Gasteiger partial charge in [0.2, 0.25) is 0 Å². The number of benzene rings is 1. The summed E-state index contributed by atoms with van der Waals surface area (Å²) in [6, 6.07) is 6.62. The monoisotopic (exact) mass is 353 g/mol. The van der Waals surface area contributed by atoms with E-state index in [2.05, 4.69) is 27.3 Å². The van der Waals surface area contributed by atoms with Gasteiger partial charge < -0.3 is 14.8 Å². The second-order valence-electron chi connectivity index (χ2n) is 5.96. The third-order valence-corrected chi connectivity index (χ3v) is 4.90. The van der Waals surface area contributed by atoms with Gasteiger partial charge in [0, 0.05) is 29.0 Å². The van der Waals surface area contributed by atoms with Crippen molar-refractivity contribution in [1.82, 2.24) is 5.32 Å². The Morgan fingerprint density at radius 1 is 1.19 bits per heavy atom. The molecule has 4 heteroatoms. The molecule has 0 bridgehead atoms. The molecule has 21 heavy (non-hydrogen) atoms. The predicted molar refractivity (Wildman–Crippen MR) is 87.8 cm³/mol. The smallest absolute Gasteiger partial charge is 0.124 e. The second-order valence-corrected chi connectivity index (χ2v) is 6.87. The molecule has 1 aliphatic heterocycles. The van der Waals surface area contributed by atoms with Gasteiger partial charge in [-0.05, 0) is 31.0 Å². The van der Waals surface area contributed by atoms with Crippen LogP contribution < -0.4 is 10.1 Å². The summed E-state index contributed by atoms with van der Waals surface area (Å²) in [7, 11) is 0. The van der Waals surface area contributed by atoms with Gasteiger partial charge >= 0.3 is 0 Å². The fourth-order valence-corrected chi connectivity index (χ4v) is 3.65. The molecular formula is C17H24BrNO2. The van der Waals surface area contributed by atoms with Crippen LogP contribution in [-0.4, -0.2) is 25.9 Å². The van der Waals surface area contributed by atoms with Crippen LogP contribution in [-0.2, 0) is 4.74 Å². The van der Waals surface area contributed by atoms with E-state index in [4.69, 9.17) is 9.47 Å². The van der Waals surface area contributed by atoms with Crippen molar-refractivity contribution in [3.63, 3.8) is 0 Å². The largest absolute Gasteiger partial charge is 0.493 e. The van der Waals surface area contributed by atoms with Crippen LogP contribution in [0.25, 0.3) is 0 Å². The van der Waals surface area contributed by atoms with Crippen molar-refractivity contribution in [2.75, 3.05) is 19.8 Å². The Kier molecular flexibility index (Phi) is 5.55. The van der Waals surface area contributed by atoms with Crippen molar-refractivity contribution in [3.8, 4) is 5.75 Å². The van der Waals surface area contributed by atoms with Gasteiger partial charge in [-0.3, -0.25) is 0 Å². The highest BCUT2D eigenvalue weighted by Gasteiger charge is 2.21. The van der Waals surface area contributed by atoms with Gasteiger partial charge in [-0.15, -0.1) is 0 Å². The predicted octanol–water partition coefficient (Wildman–Crippen LogP) is 4.21. The number of ether oxygens (including phenoxy) is 2. The van der Waals surface area contributed by atoms with E-state index in [9.17, 15) is 0 Å². The molecule has 1 heterocycles. The third-order valence-electron chi connectivity index (χ3n) is 4.41. The van der Waals surface area contributed by atoms with E-state index in [1.807, 2.05) is 12.1 Å².